The topological polar surface area (TPSA) is 68.5 Å². The summed E-state index contributed by atoms with van der Waals surface area (Å²) in [6, 6.07) is 9.65. The third-order valence-electron chi connectivity index (χ3n) is 2.56. The average molecular weight is 318 g/mol. The fraction of sp³-hybridized carbons (Fsp3) is 0.125. The molecule has 112 valence electrons. The summed E-state index contributed by atoms with van der Waals surface area (Å²) in [6.07, 6.45) is 1.10. The lowest BCUT2D eigenvalue weighted by Gasteiger charge is -2.03. The Balaban J connectivity index is 1.75. The van der Waals surface area contributed by atoms with Gasteiger partial charge in [-0.15, -0.1) is 0 Å². The van der Waals surface area contributed by atoms with Gasteiger partial charge in [0.25, 0.3) is 5.91 Å². The van der Waals surface area contributed by atoms with Gasteiger partial charge in [-0.2, -0.15) is 0 Å². The first-order valence-electron chi connectivity index (χ1n) is 6.37. The number of hydrogen-bond acceptors (Lipinski definition) is 4. The summed E-state index contributed by atoms with van der Waals surface area (Å²) in [5.41, 5.74) is -0.248. The molecule has 0 bridgehead atoms. The van der Waals surface area contributed by atoms with Gasteiger partial charge in [-0.1, -0.05) is 35.6 Å². The number of rotatable bonds is 4. The average Bonchev–Trinajstić information content (AvgIpc) is 2.53. The van der Waals surface area contributed by atoms with Gasteiger partial charge in [0.1, 0.15) is 18.6 Å². The van der Waals surface area contributed by atoms with Gasteiger partial charge in [-0.25, -0.2) is 4.79 Å². The molecule has 1 amide bonds. The largest absolute Gasteiger partial charge is 0.479 e. The molecule has 0 radical (unpaired) electrons. The molecule has 22 heavy (non-hydrogen) atoms. The third-order valence-corrected chi connectivity index (χ3v) is 2.87. The van der Waals surface area contributed by atoms with Crippen molar-refractivity contribution in [2.24, 2.45) is 0 Å². The Morgan fingerprint density at radius 1 is 1.23 bits per heavy atom. The maximum atomic E-state index is 11.7. The number of para-hydroxylation sites is 1. The van der Waals surface area contributed by atoms with Crippen molar-refractivity contribution in [1.82, 2.24) is 5.32 Å². The summed E-state index contributed by atoms with van der Waals surface area (Å²) < 4.78 is 9.97. The maximum Gasteiger partial charge on any atom is 0.335 e. The van der Waals surface area contributed by atoms with Crippen LogP contribution in [0, 0.1) is 11.8 Å². The van der Waals surface area contributed by atoms with Crippen LogP contribution in [0.15, 0.2) is 51.9 Å². The number of carbonyl (C=O) groups is 1. The molecule has 2 aromatic rings. The monoisotopic (exact) mass is 317 g/mol. The molecule has 6 heteroatoms. The van der Waals surface area contributed by atoms with Crippen molar-refractivity contribution < 1.29 is 13.9 Å². The van der Waals surface area contributed by atoms with E-state index in [0.717, 1.165) is 6.26 Å². The molecule has 0 atom stereocenters. The molecule has 0 aliphatic rings. The van der Waals surface area contributed by atoms with E-state index in [0.29, 0.717) is 10.8 Å². The second kappa shape index (κ2) is 7.91. The molecule has 1 aromatic heterocycles. The first-order chi connectivity index (χ1) is 10.7. The van der Waals surface area contributed by atoms with Crippen LogP contribution in [0.1, 0.15) is 10.4 Å². The Hall–Kier alpha value is -2.71. The van der Waals surface area contributed by atoms with Gasteiger partial charge in [-0.05, 0) is 18.2 Å². The fourth-order valence-electron chi connectivity index (χ4n) is 1.50. The summed E-state index contributed by atoms with van der Waals surface area (Å²) in [4.78, 5) is 22.4. The van der Waals surface area contributed by atoms with Crippen molar-refractivity contribution in [2.45, 2.75) is 0 Å². The standard InChI is InChI=1S/C16H12ClNO4/c17-13-5-1-2-6-14(13)21-10-4-3-9-18-16(20)12-7-8-15(19)22-11-12/h1-2,5-8,11H,9-10H2,(H,18,20). The van der Waals surface area contributed by atoms with Crippen LogP contribution in [-0.4, -0.2) is 19.1 Å². The number of carbonyl (C=O) groups excluding carboxylic acids is 1. The highest BCUT2D eigenvalue weighted by molar-refractivity contribution is 6.32. The Labute approximate surface area is 131 Å². The first-order valence-corrected chi connectivity index (χ1v) is 6.75. The van der Waals surface area contributed by atoms with Gasteiger partial charge >= 0.3 is 5.63 Å². The molecule has 2 rings (SSSR count). The Morgan fingerprint density at radius 2 is 2.05 bits per heavy atom. The molecular formula is C16H12ClNO4. The highest BCUT2D eigenvalue weighted by Gasteiger charge is 2.04. The SMILES string of the molecule is O=C(NCC#CCOc1ccccc1Cl)c1ccc(=O)oc1. The van der Waals surface area contributed by atoms with E-state index in [1.807, 2.05) is 12.1 Å². The number of amides is 1. The summed E-state index contributed by atoms with van der Waals surface area (Å²) in [5.74, 6) is 5.69. The van der Waals surface area contributed by atoms with Gasteiger partial charge in [-0.3, -0.25) is 4.79 Å². The van der Waals surface area contributed by atoms with Gasteiger partial charge in [0.05, 0.1) is 17.1 Å². The molecule has 0 unspecified atom stereocenters. The molecule has 1 aromatic carbocycles. The van der Waals surface area contributed by atoms with Crippen LogP contribution in [0.3, 0.4) is 0 Å². The van der Waals surface area contributed by atoms with E-state index in [9.17, 15) is 9.59 Å². The molecule has 0 aliphatic carbocycles. The van der Waals surface area contributed by atoms with Crippen LogP contribution in [0.2, 0.25) is 5.02 Å². The summed E-state index contributed by atoms with van der Waals surface area (Å²) >= 11 is 5.92. The van der Waals surface area contributed by atoms with E-state index in [2.05, 4.69) is 21.6 Å². The van der Waals surface area contributed by atoms with Crippen molar-refractivity contribution in [3.05, 3.63) is 63.7 Å². The van der Waals surface area contributed by atoms with Crippen molar-refractivity contribution in [2.75, 3.05) is 13.2 Å². The van der Waals surface area contributed by atoms with Crippen LogP contribution in [0.5, 0.6) is 5.75 Å². The zero-order chi connectivity index (χ0) is 15.8. The third kappa shape index (κ3) is 4.69. The fourth-order valence-corrected chi connectivity index (χ4v) is 1.69. The van der Waals surface area contributed by atoms with E-state index < -0.39 is 5.63 Å². The molecule has 0 spiro atoms. The molecule has 1 N–H and O–H groups in total. The molecule has 0 saturated carbocycles. The second-order valence-electron chi connectivity index (χ2n) is 4.10. The van der Waals surface area contributed by atoms with Crippen LogP contribution >= 0.6 is 11.6 Å². The zero-order valence-electron chi connectivity index (χ0n) is 11.5. The van der Waals surface area contributed by atoms with E-state index in [1.165, 1.54) is 12.1 Å². The van der Waals surface area contributed by atoms with Crippen LogP contribution < -0.4 is 15.7 Å². The predicted molar refractivity (Wildman–Crippen MR) is 82.0 cm³/mol. The highest BCUT2D eigenvalue weighted by Crippen LogP contribution is 2.22. The van der Waals surface area contributed by atoms with Crippen LogP contribution in [0.25, 0.3) is 0 Å². The highest BCUT2D eigenvalue weighted by atomic mass is 35.5. The number of ether oxygens (including phenoxy) is 1. The number of nitrogens with one attached hydrogen (secondary N) is 1. The van der Waals surface area contributed by atoms with E-state index in [-0.39, 0.29) is 24.6 Å². The van der Waals surface area contributed by atoms with E-state index >= 15 is 0 Å². The second-order valence-corrected chi connectivity index (χ2v) is 4.51. The Bertz CT molecular complexity index is 753. The smallest absolute Gasteiger partial charge is 0.335 e. The Morgan fingerprint density at radius 3 is 2.77 bits per heavy atom. The Kier molecular flexibility index (Phi) is 5.64. The van der Waals surface area contributed by atoms with Gasteiger partial charge in [0.2, 0.25) is 0 Å². The van der Waals surface area contributed by atoms with Gasteiger partial charge < -0.3 is 14.5 Å². The number of hydrogen-bond donors (Lipinski definition) is 1. The van der Waals surface area contributed by atoms with Crippen molar-refractivity contribution in [3.8, 4) is 17.6 Å². The summed E-state index contributed by atoms with van der Waals surface area (Å²) in [6.45, 7) is 0.323. The lowest BCUT2D eigenvalue weighted by molar-refractivity contribution is 0.0956. The molecule has 0 saturated heterocycles. The van der Waals surface area contributed by atoms with Crippen molar-refractivity contribution in [1.29, 1.82) is 0 Å². The normalized spacial score (nSPS) is 9.50. The number of halogens is 1. The summed E-state index contributed by atoms with van der Waals surface area (Å²) in [7, 11) is 0. The van der Waals surface area contributed by atoms with Gasteiger partial charge in [0.15, 0.2) is 0 Å². The zero-order valence-corrected chi connectivity index (χ0v) is 12.2. The lowest BCUT2D eigenvalue weighted by atomic mass is 10.3. The predicted octanol–water partition coefficient (Wildman–Crippen LogP) is 2.11. The van der Waals surface area contributed by atoms with Crippen molar-refractivity contribution in [3.63, 3.8) is 0 Å². The van der Waals surface area contributed by atoms with Gasteiger partial charge in [0, 0.05) is 6.07 Å². The summed E-state index contributed by atoms with van der Waals surface area (Å²) in [5, 5.41) is 3.09. The molecule has 5 nitrogen and oxygen atoms in total. The molecule has 0 aliphatic heterocycles. The van der Waals surface area contributed by atoms with E-state index in [1.54, 1.807) is 12.1 Å². The maximum absolute atomic E-state index is 11.7. The quantitative estimate of drug-likeness (QED) is 0.877. The minimum absolute atomic E-state index is 0.157. The molecule has 1 heterocycles. The lowest BCUT2D eigenvalue weighted by Crippen LogP contribution is -2.23. The first kappa shape index (κ1) is 15.7. The van der Waals surface area contributed by atoms with Crippen molar-refractivity contribution >= 4 is 17.5 Å². The van der Waals surface area contributed by atoms with Crippen LogP contribution in [-0.2, 0) is 0 Å². The van der Waals surface area contributed by atoms with Crippen LogP contribution in [0.4, 0.5) is 0 Å². The minimum atomic E-state index is -0.506. The minimum Gasteiger partial charge on any atom is -0.479 e. The molecule has 0 fully saturated rings. The van der Waals surface area contributed by atoms with E-state index in [4.69, 9.17) is 16.3 Å². The molecular weight excluding hydrogens is 306 g/mol. The number of benzene rings is 1.